The molecule has 18 aromatic rings. The largest absolute Gasteiger partial charge is 0.305 e. The number of aryl methyl sites for hydroxylation is 1. The number of nitrogens with zero attached hydrogens (tertiary/aromatic N) is 8. The van der Waals surface area contributed by atoms with E-state index in [1.807, 2.05) is 225 Å². The van der Waals surface area contributed by atoms with Gasteiger partial charge in [-0.1, -0.05) is 48.5 Å². The fraction of sp³-hybridized carbons (Fsp3) is 0.225. The Bertz CT molecular complexity index is 6070. The van der Waals surface area contributed by atoms with Crippen molar-refractivity contribution in [3.8, 4) is 112 Å². The fourth-order valence-electron chi connectivity index (χ4n) is 18.4. The summed E-state index contributed by atoms with van der Waals surface area (Å²) in [7, 11) is 0. The molecule has 0 aliphatic rings. The van der Waals surface area contributed by atoms with Gasteiger partial charge in [-0.2, -0.15) is 0 Å². The standard InChI is InChI=1S/2C23H26GeN.C21H30GeN.C18H24GeN.4C11H8N.4Ir/c1-4-24(5-2,6-3)22-15-16-25-23(18-22)21-14-10-13-20(17-21)19-11-8-7-9-12-19;1-4-24(5-2,6-3)22-16-17-25-23(18-22)21-14-12-20(13-15-21)19-10-8-7-9-11-19;1-6-22(7-2,8-3)20-16-23-21(15-19(20)14-17(4)5)18-12-10-9-11-13-18;1-5-19(6-2,7-3)17-14-20-18(13-15(17)4)16-11-9-8-10-12-16;4*1-2-6-10(7-3-1)11-8-4-5-9-12-11;;;;/h7-13,15-18H,4-6H2,1-3H3;7-14,16-18H,4-6H2,1-3H3;9-12,15-17H,6-8,14H2,1-5H3;8-11,13-14H,5-7H2,1-4H3;4*1-6,8-9H;;;;/q8*-1;;;;. The summed E-state index contributed by atoms with van der Waals surface area (Å²) in [6.07, 6.45) is 16.7. The Morgan fingerprint density at radius 3 is 0.821 bits per heavy atom. The van der Waals surface area contributed by atoms with Gasteiger partial charge < -0.3 is 19.9 Å². The van der Waals surface area contributed by atoms with E-state index in [2.05, 4.69) is 334 Å². The minimum atomic E-state index is -1.98. The van der Waals surface area contributed by atoms with Crippen LogP contribution in [0.5, 0.6) is 0 Å². The number of hydrogen-bond acceptors (Lipinski definition) is 8. The number of aromatic nitrogens is 8. The average molecular weight is 2860 g/mol. The monoisotopic (exact) mass is 2870 g/mol. The van der Waals surface area contributed by atoms with E-state index in [1.54, 1.807) is 47.9 Å². The molecule has 0 amide bonds. The van der Waals surface area contributed by atoms with Gasteiger partial charge in [0.15, 0.2) is 0 Å². The molecular formula is C129H138Ge4Ir4N8-8. The van der Waals surface area contributed by atoms with Crippen molar-refractivity contribution in [2.24, 2.45) is 5.92 Å². The molecule has 10 aromatic carbocycles. The molecule has 0 bridgehead atoms. The molecule has 18 rings (SSSR count). The van der Waals surface area contributed by atoms with Crippen LogP contribution in [0.15, 0.2) is 401 Å². The molecule has 0 saturated carbocycles. The van der Waals surface area contributed by atoms with Crippen molar-refractivity contribution in [2.75, 3.05) is 0 Å². The first-order chi connectivity index (χ1) is 69.0. The minimum Gasteiger partial charge on any atom is -0.305 e. The fourth-order valence-corrected chi connectivity index (χ4v) is 49.7. The first kappa shape index (κ1) is 122. The van der Waals surface area contributed by atoms with E-state index in [-0.39, 0.29) is 80.4 Å². The molecule has 0 fully saturated rings. The molecule has 0 spiro atoms. The Morgan fingerprint density at radius 1 is 0.221 bits per heavy atom. The molecule has 0 aliphatic carbocycles. The van der Waals surface area contributed by atoms with Crippen LogP contribution in [0.25, 0.3) is 112 Å². The predicted molar refractivity (Wildman–Crippen MR) is 610 cm³/mol. The van der Waals surface area contributed by atoms with Crippen molar-refractivity contribution < 1.29 is 80.4 Å². The van der Waals surface area contributed by atoms with Gasteiger partial charge in [0.25, 0.3) is 0 Å². The molecule has 8 aromatic heterocycles. The van der Waals surface area contributed by atoms with Crippen LogP contribution in [0.1, 0.15) is 108 Å². The van der Waals surface area contributed by atoms with Crippen LogP contribution in [0.2, 0.25) is 63.0 Å². The van der Waals surface area contributed by atoms with Crippen LogP contribution in [-0.4, -0.2) is 92.9 Å². The molecular weight excluding hydrogens is 2720 g/mol. The van der Waals surface area contributed by atoms with Gasteiger partial charge in [0.1, 0.15) is 0 Å². The maximum absolute atomic E-state index is 4.84. The molecule has 4 radical (unpaired) electrons. The summed E-state index contributed by atoms with van der Waals surface area (Å²) in [5.41, 5.74) is 24.5. The van der Waals surface area contributed by atoms with Gasteiger partial charge in [0.05, 0.1) is 0 Å². The number of hydrogen-bond donors (Lipinski definition) is 0. The summed E-state index contributed by atoms with van der Waals surface area (Å²) < 4.78 is 6.40. The van der Waals surface area contributed by atoms with E-state index in [1.165, 1.54) is 90.9 Å². The maximum Gasteiger partial charge on any atom is 0.0160 e. The third kappa shape index (κ3) is 35.7. The number of pyridine rings is 8. The predicted octanol–water partition coefficient (Wildman–Crippen LogP) is 32.1. The SMILES string of the molecule is C[CH2][Ge]([CH2]C)([CH2]C)[c]1ccnc(-c2[c-]cc(-c3ccccc3)cc2)c1.C[CH2][Ge]([CH2]C)([CH2]C)[c]1ccnc(-c2[c-]ccc(-c3ccccc3)c2)c1.C[CH2][Ge]([CH2]C)([CH2]C)[c]1cnc(-c2[c-]cccc2)cc1C.C[CH2][Ge]([CH2]C)([CH2]C)[c]1cnc(-c2[c-]cccc2)cc1CC(C)C.[Ir].[Ir].[Ir].[Ir].[c-]1ccccc1-c1ccccn1.[c-]1ccccc1-c1ccccn1.[c-]1ccccc1-c1ccccn1.[c-]1ccccc1-c1ccccn1. The molecule has 0 aliphatic heterocycles. The summed E-state index contributed by atoms with van der Waals surface area (Å²) in [5.74, 6) is 0.675. The van der Waals surface area contributed by atoms with Gasteiger partial charge in [-0.05, 0) is 47.0 Å². The Kier molecular flexibility index (Phi) is 55.4. The van der Waals surface area contributed by atoms with E-state index in [4.69, 9.17) is 9.97 Å². The minimum absolute atomic E-state index is 0. The Labute approximate surface area is 933 Å². The Hall–Kier alpha value is -9.83. The first-order valence-corrected chi connectivity index (χ1v) is 72.5. The molecule has 145 heavy (non-hydrogen) atoms. The Morgan fingerprint density at radius 2 is 0.510 bits per heavy atom. The molecule has 0 saturated heterocycles. The first-order valence-electron chi connectivity index (χ1n) is 50.5. The second-order valence-corrected chi connectivity index (χ2v) is 79.6. The summed E-state index contributed by atoms with van der Waals surface area (Å²) in [6.45, 7) is 35.4. The van der Waals surface area contributed by atoms with Crippen LogP contribution in [0, 0.1) is 61.4 Å². The molecule has 8 heterocycles. The molecule has 8 nitrogen and oxygen atoms in total. The van der Waals surface area contributed by atoms with E-state index in [0.29, 0.717) is 5.92 Å². The second kappa shape index (κ2) is 65.8. The van der Waals surface area contributed by atoms with Crippen molar-refractivity contribution >= 4 is 70.6 Å². The second-order valence-electron chi connectivity index (χ2n) is 35.7. The molecule has 16 heteroatoms. The van der Waals surface area contributed by atoms with Crippen LogP contribution in [0.3, 0.4) is 0 Å². The van der Waals surface area contributed by atoms with Crippen LogP contribution in [-0.2, 0) is 86.8 Å². The Balaban J connectivity index is 0.000000228. The van der Waals surface area contributed by atoms with Gasteiger partial charge in [0.2, 0.25) is 0 Å². The molecule has 0 unspecified atom stereocenters. The van der Waals surface area contributed by atoms with Crippen molar-refractivity contribution in [1.82, 2.24) is 39.9 Å². The van der Waals surface area contributed by atoms with Crippen LogP contribution < -0.4 is 17.6 Å². The van der Waals surface area contributed by atoms with E-state index in [9.17, 15) is 0 Å². The number of rotatable bonds is 28. The van der Waals surface area contributed by atoms with Gasteiger partial charge in [-0.25, -0.2) is 0 Å². The van der Waals surface area contributed by atoms with Gasteiger partial charge in [0, 0.05) is 105 Å². The van der Waals surface area contributed by atoms with Crippen LogP contribution in [0.4, 0.5) is 0 Å². The van der Waals surface area contributed by atoms with E-state index >= 15 is 0 Å². The van der Waals surface area contributed by atoms with Crippen LogP contribution >= 0.6 is 0 Å². The zero-order valence-corrected chi connectivity index (χ0v) is 105. The maximum atomic E-state index is 4.84. The van der Waals surface area contributed by atoms with E-state index < -0.39 is 53.1 Å². The van der Waals surface area contributed by atoms with Crippen molar-refractivity contribution in [1.29, 1.82) is 0 Å². The third-order valence-electron chi connectivity index (χ3n) is 27.7. The summed E-state index contributed by atoms with van der Waals surface area (Å²) in [4.78, 5) is 35.7. The third-order valence-corrected chi connectivity index (χ3v) is 75.0. The van der Waals surface area contributed by atoms with Gasteiger partial charge in [-0.15, -0.1) is 144 Å². The summed E-state index contributed by atoms with van der Waals surface area (Å²) in [5, 5.41) is 16.2. The summed E-state index contributed by atoms with van der Waals surface area (Å²) in [6, 6.07) is 144. The average Bonchev–Trinajstić information content (AvgIpc) is 0.825. The van der Waals surface area contributed by atoms with Crippen molar-refractivity contribution in [2.45, 2.75) is 173 Å². The van der Waals surface area contributed by atoms with Gasteiger partial charge >= 0.3 is 579 Å². The van der Waals surface area contributed by atoms with Crippen molar-refractivity contribution in [3.05, 3.63) is 461 Å². The summed E-state index contributed by atoms with van der Waals surface area (Å²) >= 11 is -7.79. The van der Waals surface area contributed by atoms with Gasteiger partial charge in [-0.3, -0.25) is 0 Å². The molecule has 754 valence electrons. The molecule has 0 N–H and O–H groups in total. The number of benzene rings is 10. The zero-order valence-electron chi connectivity index (χ0n) is 86.8. The quantitative estimate of drug-likeness (QED) is 0.0353. The van der Waals surface area contributed by atoms with Crippen molar-refractivity contribution in [3.63, 3.8) is 0 Å². The topological polar surface area (TPSA) is 103 Å². The smallest absolute Gasteiger partial charge is 0.0160 e. The molecule has 0 atom stereocenters. The zero-order chi connectivity index (χ0) is 99.8. The normalized spacial score (nSPS) is 10.6. The van der Waals surface area contributed by atoms with E-state index in [0.717, 1.165) is 96.5 Å².